The van der Waals surface area contributed by atoms with Crippen molar-refractivity contribution in [1.82, 2.24) is 10.5 Å². The van der Waals surface area contributed by atoms with Crippen LogP contribution >= 0.6 is 12.2 Å². The zero-order valence-corrected chi connectivity index (χ0v) is 16.7. The molecule has 0 bridgehead atoms. The van der Waals surface area contributed by atoms with Crippen molar-refractivity contribution in [3.63, 3.8) is 0 Å². The van der Waals surface area contributed by atoms with E-state index >= 15 is 0 Å². The Morgan fingerprint density at radius 2 is 1.97 bits per heavy atom. The van der Waals surface area contributed by atoms with Gasteiger partial charge >= 0.3 is 0 Å². The van der Waals surface area contributed by atoms with Gasteiger partial charge < -0.3 is 14.3 Å². The number of carbonyl (C=O) groups is 1. The summed E-state index contributed by atoms with van der Waals surface area (Å²) in [6, 6.07) is 10.7. The molecule has 0 unspecified atom stereocenters. The molecular formula is C18H16N4O5S2. The van der Waals surface area contributed by atoms with E-state index in [9.17, 15) is 13.2 Å². The van der Waals surface area contributed by atoms with E-state index in [2.05, 4.69) is 20.5 Å². The molecule has 9 nitrogen and oxygen atoms in total. The summed E-state index contributed by atoms with van der Waals surface area (Å²) in [5, 5.41) is 8.93. The highest BCUT2D eigenvalue weighted by molar-refractivity contribution is 7.92. The molecule has 11 heteroatoms. The Morgan fingerprint density at radius 1 is 1.21 bits per heavy atom. The molecule has 0 aliphatic heterocycles. The minimum absolute atomic E-state index is 0.0278. The average Bonchev–Trinajstić information content (AvgIpc) is 3.32. The minimum atomic E-state index is -3.81. The van der Waals surface area contributed by atoms with Crippen LogP contribution in [0.4, 0.5) is 11.5 Å². The number of nitrogens with zero attached hydrogens (tertiary/aromatic N) is 1. The fraction of sp³-hybridized carbons (Fsp3) is 0.0556. The van der Waals surface area contributed by atoms with Gasteiger partial charge in [0.1, 0.15) is 11.5 Å². The number of aromatic nitrogens is 1. The van der Waals surface area contributed by atoms with Gasteiger partial charge in [-0.25, -0.2) is 8.42 Å². The van der Waals surface area contributed by atoms with Gasteiger partial charge in [0.05, 0.1) is 11.2 Å². The maximum Gasteiger partial charge on any atom is 0.263 e. The Kier molecular flexibility index (Phi) is 6.10. The van der Waals surface area contributed by atoms with Crippen LogP contribution in [0.1, 0.15) is 11.5 Å². The van der Waals surface area contributed by atoms with Gasteiger partial charge in [-0.05, 0) is 61.6 Å². The molecule has 0 radical (unpaired) electrons. The molecule has 3 N–H and O–H groups in total. The topological polar surface area (TPSA) is 126 Å². The number of amides is 1. The van der Waals surface area contributed by atoms with Crippen molar-refractivity contribution in [2.75, 3.05) is 10.0 Å². The summed E-state index contributed by atoms with van der Waals surface area (Å²) in [6.45, 7) is 1.65. The zero-order chi connectivity index (χ0) is 20.9. The third-order valence-electron chi connectivity index (χ3n) is 3.47. The molecule has 2 aromatic heterocycles. The average molecular weight is 432 g/mol. The van der Waals surface area contributed by atoms with Crippen LogP contribution in [0, 0.1) is 6.92 Å². The van der Waals surface area contributed by atoms with Gasteiger partial charge in [0, 0.05) is 17.8 Å². The van der Waals surface area contributed by atoms with Crippen LogP contribution in [-0.4, -0.2) is 24.6 Å². The second-order valence-corrected chi connectivity index (χ2v) is 7.84. The van der Waals surface area contributed by atoms with Crippen molar-refractivity contribution >= 4 is 50.8 Å². The molecular weight excluding hydrogens is 416 g/mol. The van der Waals surface area contributed by atoms with Crippen molar-refractivity contribution in [3.05, 3.63) is 66.3 Å². The number of anilines is 2. The lowest BCUT2D eigenvalue weighted by Gasteiger charge is -2.09. The first-order valence-corrected chi connectivity index (χ1v) is 10.1. The Morgan fingerprint density at radius 3 is 2.59 bits per heavy atom. The summed E-state index contributed by atoms with van der Waals surface area (Å²) >= 11 is 5.07. The Balaban J connectivity index is 1.56. The molecule has 3 aromatic rings. The number of hydrogen-bond acceptors (Lipinski definition) is 7. The molecule has 0 aliphatic rings. The number of furan rings is 1. The van der Waals surface area contributed by atoms with E-state index in [4.69, 9.17) is 21.2 Å². The molecule has 1 amide bonds. The maximum atomic E-state index is 12.3. The lowest BCUT2D eigenvalue weighted by molar-refractivity contribution is -0.115. The summed E-state index contributed by atoms with van der Waals surface area (Å²) in [5.74, 6) is 0.670. The van der Waals surface area contributed by atoms with Gasteiger partial charge in [0.15, 0.2) is 10.9 Å². The molecule has 150 valence electrons. The van der Waals surface area contributed by atoms with E-state index in [1.807, 2.05) is 0 Å². The standard InChI is InChI=1S/C18H16N4O5S2/c1-12-11-16(21-27-12)22-29(24,25)15-7-4-13(5-8-15)19-18(28)20-17(23)9-6-14-3-2-10-26-14/h2-11H,1H3,(H,21,22)(H2,19,20,23,28)/b9-6+. The molecule has 3 rings (SSSR count). The van der Waals surface area contributed by atoms with E-state index in [1.54, 1.807) is 19.1 Å². The molecule has 0 fully saturated rings. The molecule has 0 atom stereocenters. The second kappa shape index (κ2) is 8.71. The molecule has 0 saturated heterocycles. The monoisotopic (exact) mass is 432 g/mol. The van der Waals surface area contributed by atoms with Crippen LogP contribution in [-0.2, 0) is 14.8 Å². The Labute approximate surface area is 171 Å². The molecule has 0 aliphatic carbocycles. The maximum absolute atomic E-state index is 12.3. The van der Waals surface area contributed by atoms with Crippen molar-refractivity contribution in [2.45, 2.75) is 11.8 Å². The summed E-state index contributed by atoms with van der Waals surface area (Å²) in [6.07, 6.45) is 4.27. The van der Waals surface area contributed by atoms with Gasteiger partial charge in [-0.1, -0.05) is 5.16 Å². The van der Waals surface area contributed by atoms with Crippen LogP contribution in [0.2, 0.25) is 0 Å². The SMILES string of the molecule is Cc1cc(NS(=O)(=O)c2ccc(NC(=S)NC(=O)/C=C/c3ccco3)cc2)no1. The second-order valence-electron chi connectivity index (χ2n) is 5.74. The third kappa shape index (κ3) is 5.77. The fourth-order valence-corrected chi connectivity index (χ4v) is 3.39. The number of carbonyl (C=O) groups excluding carboxylic acids is 1. The van der Waals surface area contributed by atoms with E-state index in [-0.39, 0.29) is 15.8 Å². The predicted molar refractivity (Wildman–Crippen MR) is 111 cm³/mol. The lowest BCUT2D eigenvalue weighted by Crippen LogP contribution is -2.32. The predicted octanol–water partition coefficient (Wildman–Crippen LogP) is 2.90. The van der Waals surface area contributed by atoms with Gasteiger partial charge in [-0.15, -0.1) is 0 Å². The van der Waals surface area contributed by atoms with Crippen LogP contribution < -0.4 is 15.4 Å². The van der Waals surface area contributed by atoms with E-state index in [0.29, 0.717) is 17.2 Å². The van der Waals surface area contributed by atoms with E-state index in [1.165, 1.54) is 48.7 Å². The minimum Gasteiger partial charge on any atom is -0.465 e. The third-order valence-corrected chi connectivity index (χ3v) is 5.04. The number of hydrogen-bond donors (Lipinski definition) is 3. The first kappa shape index (κ1) is 20.3. The van der Waals surface area contributed by atoms with Crippen molar-refractivity contribution in [2.24, 2.45) is 0 Å². The summed E-state index contributed by atoms with van der Waals surface area (Å²) < 4.78 is 36.9. The summed E-state index contributed by atoms with van der Waals surface area (Å²) in [5.41, 5.74) is 0.501. The molecule has 2 heterocycles. The zero-order valence-electron chi connectivity index (χ0n) is 15.1. The number of sulfonamides is 1. The van der Waals surface area contributed by atoms with Crippen LogP contribution in [0.25, 0.3) is 6.08 Å². The fourth-order valence-electron chi connectivity index (χ4n) is 2.19. The molecule has 29 heavy (non-hydrogen) atoms. The highest BCUT2D eigenvalue weighted by Gasteiger charge is 2.16. The number of benzene rings is 1. The first-order chi connectivity index (χ1) is 13.8. The van der Waals surface area contributed by atoms with E-state index in [0.717, 1.165) is 0 Å². The summed E-state index contributed by atoms with van der Waals surface area (Å²) in [7, 11) is -3.81. The Bertz CT molecular complexity index is 1130. The normalized spacial score (nSPS) is 11.3. The van der Waals surface area contributed by atoms with Gasteiger partial charge in [0.25, 0.3) is 10.0 Å². The lowest BCUT2D eigenvalue weighted by atomic mass is 10.3. The van der Waals surface area contributed by atoms with Crippen molar-refractivity contribution in [1.29, 1.82) is 0 Å². The molecule has 0 saturated carbocycles. The Hall–Kier alpha value is -3.44. The van der Waals surface area contributed by atoms with Gasteiger partial charge in [-0.3, -0.25) is 14.8 Å². The number of thiocarbonyl (C=S) groups is 1. The van der Waals surface area contributed by atoms with Crippen LogP contribution in [0.5, 0.6) is 0 Å². The quantitative estimate of drug-likeness (QED) is 0.401. The highest BCUT2D eigenvalue weighted by atomic mass is 32.2. The number of nitrogens with one attached hydrogen (secondary N) is 3. The summed E-state index contributed by atoms with van der Waals surface area (Å²) in [4.78, 5) is 11.9. The van der Waals surface area contributed by atoms with Gasteiger partial charge in [0.2, 0.25) is 5.91 Å². The van der Waals surface area contributed by atoms with E-state index < -0.39 is 15.9 Å². The number of rotatable bonds is 6. The van der Waals surface area contributed by atoms with Crippen molar-refractivity contribution < 1.29 is 22.2 Å². The van der Waals surface area contributed by atoms with Crippen LogP contribution in [0.15, 0.2) is 68.6 Å². The largest absolute Gasteiger partial charge is 0.465 e. The van der Waals surface area contributed by atoms with Crippen LogP contribution in [0.3, 0.4) is 0 Å². The first-order valence-electron chi connectivity index (χ1n) is 8.21. The smallest absolute Gasteiger partial charge is 0.263 e. The number of aryl methyl sites for hydroxylation is 1. The molecule has 0 spiro atoms. The van der Waals surface area contributed by atoms with Gasteiger partial charge in [-0.2, -0.15) is 0 Å². The molecule has 1 aromatic carbocycles. The highest BCUT2D eigenvalue weighted by Crippen LogP contribution is 2.18. The van der Waals surface area contributed by atoms with Crippen molar-refractivity contribution in [3.8, 4) is 0 Å².